The van der Waals surface area contributed by atoms with Crippen molar-refractivity contribution in [3.05, 3.63) is 48.5 Å². The first-order chi connectivity index (χ1) is 10.3. The van der Waals surface area contributed by atoms with Crippen molar-refractivity contribution in [3.8, 4) is 11.5 Å². The molecule has 2 aromatic rings. The summed E-state index contributed by atoms with van der Waals surface area (Å²) in [5, 5.41) is 0. The predicted octanol–water partition coefficient (Wildman–Crippen LogP) is 2.29. The summed E-state index contributed by atoms with van der Waals surface area (Å²) in [5.74, 6) is 1.91. The molecule has 0 bridgehead atoms. The fraction of sp³-hybridized carbons (Fsp3) is 0.294. The fourth-order valence-electron chi connectivity index (χ4n) is 1.78. The SMILES string of the molecule is COc1ccc([Te]CCC[Te]c2ccc(OC)cc2)cc1. The van der Waals surface area contributed by atoms with Gasteiger partial charge in [-0.2, -0.15) is 0 Å². The second kappa shape index (κ2) is 9.60. The monoisotopic (exact) mass is 516 g/mol. The van der Waals surface area contributed by atoms with Gasteiger partial charge in [0.15, 0.2) is 0 Å². The molecule has 0 spiro atoms. The first kappa shape index (κ1) is 17.0. The number of benzene rings is 2. The molecule has 112 valence electrons. The molecule has 0 aliphatic rings. The van der Waals surface area contributed by atoms with Crippen molar-refractivity contribution in [2.45, 2.75) is 15.4 Å². The van der Waals surface area contributed by atoms with Crippen molar-refractivity contribution in [2.24, 2.45) is 0 Å². The van der Waals surface area contributed by atoms with Gasteiger partial charge in [-0.25, -0.2) is 0 Å². The first-order valence-electron chi connectivity index (χ1n) is 6.85. The molecule has 0 unspecified atom stereocenters. The van der Waals surface area contributed by atoms with Crippen LogP contribution >= 0.6 is 0 Å². The molecule has 2 rings (SSSR count). The Bertz CT molecular complexity index is 474. The zero-order valence-electron chi connectivity index (χ0n) is 12.4. The number of hydrogen-bond donors (Lipinski definition) is 0. The van der Waals surface area contributed by atoms with Crippen LogP contribution in [-0.4, -0.2) is 56.1 Å². The van der Waals surface area contributed by atoms with Gasteiger partial charge in [0.05, 0.1) is 0 Å². The molecule has 0 aliphatic heterocycles. The molecule has 0 heterocycles. The zero-order chi connectivity index (χ0) is 14.9. The van der Waals surface area contributed by atoms with Gasteiger partial charge in [-0.3, -0.25) is 0 Å². The summed E-state index contributed by atoms with van der Waals surface area (Å²) in [6.45, 7) is 0. The van der Waals surface area contributed by atoms with Gasteiger partial charge in [0.2, 0.25) is 0 Å². The molecule has 0 atom stereocenters. The maximum atomic E-state index is 5.19. The van der Waals surface area contributed by atoms with Crippen molar-refractivity contribution in [1.29, 1.82) is 0 Å². The summed E-state index contributed by atoms with van der Waals surface area (Å²) >= 11 is -0.0382. The summed E-state index contributed by atoms with van der Waals surface area (Å²) in [6, 6.07) is 17.2. The average molecular weight is 512 g/mol. The Kier molecular flexibility index (Phi) is 7.76. The molecular formula is C17H20O2Te2. The minimum absolute atomic E-state index is 0.0191. The molecule has 0 amide bonds. The second-order valence-electron chi connectivity index (χ2n) is 4.40. The maximum absolute atomic E-state index is 5.19. The van der Waals surface area contributed by atoms with E-state index in [1.165, 1.54) is 22.6 Å². The van der Waals surface area contributed by atoms with Crippen molar-refractivity contribution >= 4 is 49.1 Å². The molecule has 4 heteroatoms. The van der Waals surface area contributed by atoms with Crippen LogP contribution in [0.1, 0.15) is 6.42 Å². The normalized spacial score (nSPS) is 10.4. The summed E-state index contributed by atoms with van der Waals surface area (Å²) in [5.41, 5.74) is 0. The third-order valence-electron chi connectivity index (χ3n) is 2.95. The Morgan fingerprint density at radius 2 is 1.05 bits per heavy atom. The summed E-state index contributed by atoms with van der Waals surface area (Å²) in [4.78, 5) is 0. The van der Waals surface area contributed by atoms with Crippen molar-refractivity contribution < 1.29 is 9.47 Å². The number of methoxy groups -OCH3 is 2. The van der Waals surface area contributed by atoms with E-state index in [2.05, 4.69) is 48.5 Å². The van der Waals surface area contributed by atoms with Gasteiger partial charge < -0.3 is 0 Å². The van der Waals surface area contributed by atoms with Crippen molar-refractivity contribution in [3.63, 3.8) is 0 Å². The van der Waals surface area contributed by atoms with E-state index in [4.69, 9.17) is 9.47 Å². The third-order valence-corrected chi connectivity index (χ3v) is 9.21. The number of rotatable bonds is 8. The molecular weight excluding hydrogens is 491 g/mol. The van der Waals surface area contributed by atoms with E-state index in [0.29, 0.717) is 0 Å². The number of ether oxygens (including phenoxy) is 2. The Balaban J connectivity index is 1.64. The van der Waals surface area contributed by atoms with Gasteiger partial charge in [-0.1, -0.05) is 0 Å². The number of hydrogen-bond acceptors (Lipinski definition) is 2. The van der Waals surface area contributed by atoms with Gasteiger partial charge in [0, 0.05) is 0 Å². The van der Waals surface area contributed by atoms with Crippen LogP contribution in [0.15, 0.2) is 48.5 Å². The quantitative estimate of drug-likeness (QED) is 0.400. The Morgan fingerprint density at radius 3 is 1.38 bits per heavy atom. The topological polar surface area (TPSA) is 18.5 Å². The van der Waals surface area contributed by atoms with Gasteiger partial charge in [-0.05, 0) is 0 Å². The molecule has 21 heavy (non-hydrogen) atoms. The van der Waals surface area contributed by atoms with Crippen LogP contribution in [-0.2, 0) is 0 Å². The van der Waals surface area contributed by atoms with Gasteiger partial charge in [0.25, 0.3) is 0 Å². The van der Waals surface area contributed by atoms with Crippen LogP contribution in [0.25, 0.3) is 0 Å². The van der Waals surface area contributed by atoms with E-state index in [1.54, 1.807) is 14.2 Å². The van der Waals surface area contributed by atoms with Crippen LogP contribution in [0.5, 0.6) is 11.5 Å². The van der Waals surface area contributed by atoms with E-state index < -0.39 is 0 Å². The molecule has 0 aliphatic carbocycles. The van der Waals surface area contributed by atoms with Crippen LogP contribution in [0.2, 0.25) is 8.94 Å². The van der Waals surface area contributed by atoms with Crippen LogP contribution in [0, 0.1) is 0 Å². The summed E-state index contributed by atoms with van der Waals surface area (Å²) in [7, 11) is 3.43. The van der Waals surface area contributed by atoms with Crippen LogP contribution in [0.4, 0.5) is 0 Å². The molecule has 0 N–H and O–H groups in total. The van der Waals surface area contributed by atoms with Gasteiger partial charge in [-0.15, -0.1) is 0 Å². The van der Waals surface area contributed by atoms with E-state index in [9.17, 15) is 0 Å². The molecule has 0 fully saturated rings. The summed E-state index contributed by atoms with van der Waals surface area (Å²) in [6.07, 6.45) is 1.38. The molecule has 0 aromatic heterocycles. The molecule has 2 aromatic carbocycles. The predicted molar refractivity (Wildman–Crippen MR) is 91.0 cm³/mol. The molecule has 2 nitrogen and oxygen atoms in total. The summed E-state index contributed by atoms with van der Waals surface area (Å²) < 4.78 is 16.2. The zero-order valence-corrected chi connectivity index (χ0v) is 17.0. The van der Waals surface area contributed by atoms with E-state index >= 15 is 0 Å². The van der Waals surface area contributed by atoms with Gasteiger partial charge in [0.1, 0.15) is 0 Å². The first-order valence-corrected chi connectivity index (χ1v) is 12.5. The van der Waals surface area contributed by atoms with E-state index in [1.807, 2.05) is 0 Å². The fourth-order valence-corrected chi connectivity index (χ4v) is 8.42. The Labute approximate surface area is 147 Å². The Morgan fingerprint density at radius 1 is 0.667 bits per heavy atom. The van der Waals surface area contributed by atoms with Crippen molar-refractivity contribution in [2.75, 3.05) is 14.2 Å². The Hall–Kier alpha value is -0.381. The molecule has 0 radical (unpaired) electrons. The molecule has 0 saturated carbocycles. The van der Waals surface area contributed by atoms with Crippen LogP contribution in [0.3, 0.4) is 0 Å². The second-order valence-corrected chi connectivity index (χ2v) is 11.1. The third kappa shape index (κ3) is 6.09. The molecule has 0 saturated heterocycles. The minimum atomic E-state index is -0.0191. The van der Waals surface area contributed by atoms with Gasteiger partial charge >= 0.3 is 148 Å². The van der Waals surface area contributed by atoms with Crippen molar-refractivity contribution in [1.82, 2.24) is 0 Å². The van der Waals surface area contributed by atoms with Crippen LogP contribution < -0.4 is 16.7 Å². The standard InChI is InChI=1S/C17H20O2Te2/c1-18-14-4-8-16(9-5-14)20-12-3-13-21-17-10-6-15(19-2)7-11-17/h4-11H,3,12-13H2,1-2H3. The van der Waals surface area contributed by atoms with E-state index in [-0.39, 0.29) is 41.8 Å². The average Bonchev–Trinajstić information content (AvgIpc) is 2.55. The van der Waals surface area contributed by atoms with E-state index in [0.717, 1.165) is 11.5 Å².